The van der Waals surface area contributed by atoms with E-state index >= 15 is 0 Å². The van der Waals surface area contributed by atoms with E-state index in [1.54, 1.807) is 23.9 Å². The van der Waals surface area contributed by atoms with E-state index < -0.39 is 0 Å². The first-order valence-electron chi connectivity index (χ1n) is 6.19. The minimum atomic E-state index is 0.379. The quantitative estimate of drug-likeness (QED) is 0.549. The molecule has 7 heteroatoms. The number of nitrogen functional groups attached to an aromatic ring is 1. The van der Waals surface area contributed by atoms with E-state index in [9.17, 15) is 0 Å². The normalized spacial score (nSPS) is 11.0. The monoisotopic (exact) mass is 365 g/mol. The molecule has 108 valence electrons. The fourth-order valence-electron chi connectivity index (χ4n) is 1.72. The number of halogens is 1. The van der Waals surface area contributed by atoms with Gasteiger partial charge in [0, 0.05) is 10.6 Å². The van der Waals surface area contributed by atoms with E-state index in [1.807, 2.05) is 25.1 Å². The van der Waals surface area contributed by atoms with E-state index in [-0.39, 0.29) is 0 Å². The highest BCUT2D eigenvalue weighted by Gasteiger charge is 2.12. The van der Waals surface area contributed by atoms with Crippen molar-refractivity contribution in [3.63, 3.8) is 0 Å². The molecule has 3 rings (SSSR count). The van der Waals surface area contributed by atoms with Crippen LogP contribution in [0.4, 0.5) is 5.69 Å². The van der Waals surface area contributed by atoms with Crippen LogP contribution in [0.2, 0.25) is 0 Å². The third-order valence-corrected chi connectivity index (χ3v) is 4.26. The smallest absolute Gasteiger partial charge is 0.283 e. The summed E-state index contributed by atoms with van der Waals surface area (Å²) < 4.78 is 11.6. The number of nitrogens with two attached hydrogens (primary N) is 1. The van der Waals surface area contributed by atoms with Crippen LogP contribution in [0.25, 0.3) is 11.7 Å². The number of hydrogen-bond donors (Lipinski definition) is 1. The Morgan fingerprint density at radius 2 is 2.05 bits per heavy atom. The molecule has 21 heavy (non-hydrogen) atoms. The molecule has 0 saturated heterocycles. The maximum Gasteiger partial charge on any atom is 0.283 e. The van der Waals surface area contributed by atoms with Crippen molar-refractivity contribution in [2.45, 2.75) is 17.6 Å². The van der Waals surface area contributed by atoms with Gasteiger partial charge in [-0.2, -0.15) is 0 Å². The van der Waals surface area contributed by atoms with E-state index in [0.717, 1.165) is 16.1 Å². The molecule has 1 aromatic carbocycles. The summed E-state index contributed by atoms with van der Waals surface area (Å²) in [5.41, 5.74) is 7.66. The highest BCUT2D eigenvalue weighted by molar-refractivity contribution is 9.10. The Hall–Kier alpha value is -1.73. The van der Waals surface area contributed by atoms with Gasteiger partial charge in [0.2, 0.25) is 5.89 Å². The van der Waals surface area contributed by atoms with Gasteiger partial charge in [0.15, 0.2) is 10.4 Å². The number of thioether (sulfide) groups is 1. The molecule has 0 bridgehead atoms. The summed E-state index contributed by atoms with van der Waals surface area (Å²) in [5.74, 6) is 2.08. The number of furan rings is 1. The van der Waals surface area contributed by atoms with E-state index in [4.69, 9.17) is 14.6 Å². The number of rotatable bonds is 4. The largest absolute Gasteiger partial charge is 0.444 e. The second kappa shape index (κ2) is 5.95. The predicted octanol–water partition coefficient (Wildman–Crippen LogP) is 4.28. The highest BCUT2D eigenvalue weighted by Crippen LogP contribution is 2.28. The minimum absolute atomic E-state index is 0.379. The molecule has 0 aliphatic carbocycles. The molecule has 0 aliphatic rings. The summed E-state index contributed by atoms with van der Waals surface area (Å²) >= 11 is 4.86. The molecule has 2 aromatic heterocycles. The molecule has 0 aliphatic heterocycles. The molecular weight excluding hydrogens is 354 g/mol. The van der Waals surface area contributed by atoms with E-state index in [1.165, 1.54) is 0 Å². The third-order valence-electron chi connectivity index (χ3n) is 2.85. The average Bonchev–Trinajstić information content (AvgIpc) is 3.09. The van der Waals surface area contributed by atoms with Crippen molar-refractivity contribution in [2.75, 3.05) is 5.73 Å². The Morgan fingerprint density at radius 3 is 2.76 bits per heavy atom. The second-order valence-corrected chi connectivity index (χ2v) is 6.24. The second-order valence-electron chi connectivity index (χ2n) is 4.41. The van der Waals surface area contributed by atoms with Crippen molar-refractivity contribution >= 4 is 33.4 Å². The van der Waals surface area contributed by atoms with Gasteiger partial charge >= 0.3 is 0 Å². The number of benzene rings is 1. The maximum atomic E-state index is 5.80. The van der Waals surface area contributed by atoms with E-state index in [2.05, 4.69) is 26.1 Å². The van der Waals surface area contributed by atoms with Crippen LogP contribution < -0.4 is 5.73 Å². The Labute approximate surface area is 134 Å². The van der Waals surface area contributed by atoms with Crippen LogP contribution in [0.3, 0.4) is 0 Å². The molecule has 0 atom stereocenters. The fourth-order valence-corrected chi connectivity index (χ4v) is 2.86. The van der Waals surface area contributed by atoms with Crippen molar-refractivity contribution in [2.24, 2.45) is 0 Å². The summed E-state index contributed by atoms with van der Waals surface area (Å²) in [7, 11) is 0. The molecule has 0 saturated carbocycles. The lowest BCUT2D eigenvalue weighted by molar-refractivity contribution is 0.486. The molecule has 0 fully saturated rings. The predicted molar refractivity (Wildman–Crippen MR) is 84.9 cm³/mol. The summed E-state index contributed by atoms with van der Waals surface area (Å²) in [5, 5.41) is 8.00. The number of nitrogens with zero attached hydrogens (tertiary/aromatic N) is 2. The Kier molecular flexibility index (Phi) is 4.03. The first-order chi connectivity index (χ1) is 10.1. The molecule has 0 amide bonds. The highest BCUT2D eigenvalue weighted by atomic mass is 79.9. The van der Waals surface area contributed by atoms with Gasteiger partial charge in [-0.3, -0.25) is 0 Å². The van der Waals surface area contributed by atoms with Crippen LogP contribution in [-0.4, -0.2) is 10.2 Å². The zero-order valence-corrected chi connectivity index (χ0v) is 13.6. The average molecular weight is 366 g/mol. The van der Waals surface area contributed by atoms with Crippen molar-refractivity contribution in [1.82, 2.24) is 10.2 Å². The first-order valence-corrected chi connectivity index (χ1v) is 7.97. The lowest BCUT2D eigenvalue weighted by atomic mass is 10.2. The lowest BCUT2D eigenvalue weighted by Gasteiger charge is -2.03. The lowest BCUT2D eigenvalue weighted by Crippen LogP contribution is -1.89. The molecule has 2 heterocycles. The molecule has 3 aromatic rings. The topological polar surface area (TPSA) is 78.1 Å². The van der Waals surface area contributed by atoms with Gasteiger partial charge < -0.3 is 14.6 Å². The summed E-state index contributed by atoms with van der Waals surface area (Å²) in [4.78, 5) is 1.11. The standard InChI is InChI=1S/C14H12BrN3O2S/c1-8-6-9(2-3-10(8)16)21-7-13-17-18-14(20-13)11-4-5-12(15)19-11/h2-6H,7,16H2,1H3. The fraction of sp³-hybridized carbons (Fsp3) is 0.143. The molecule has 2 N–H and O–H groups in total. The SMILES string of the molecule is Cc1cc(SCc2nnc(-c3ccc(Br)o3)o2)ccc1N. The molecule has 0 spiro atoms. The van der Waals surface area contributed by atoms with Gasteiger partial charge in [-0.1, -0.05) is 0 Å². The van der Waals surface area contributed by atoms with Crippen LogP contribution in [0.15, 0.2) is 48.7 Å². The van der Waals surface area contributed by atoms with Crippen LogP contribution >= 0.6 is 27.7 Å². The zero-order valence-electron chi connectivity index (χ0n) is 11.2. The van der Waals surface area contributed by atoms with Gasteiger partial charge in [-0.25, -0.2) is 0 Å². The van der Waals surface area contributed by atoms with Crippen molar-refractivity contribution in [1.29, 1.82) is 0 Å². The van der Waals surface area contributed by atoms with Gasteiger partial charge in [-0.15, -0.1) is 22.0 Å². The summed E-state index contributed by atoms with van der Waals surface area (Å²) in [6.07, 6.45) is 0. The molecular formula is C14H12BrN3O2S. The number of aromatic nitrogens is 2. The minimum Gasteiger partial charge on any atom is -0.444 e. The Balaban J connectivity index is 1.68. The van der Waals surface area contributed by atoms with Crippen molar-refractivity contribution in [3.8, 4) is 11.7 Å². The van der Waals surface area contributed by atoms with Crippen LogP contribution in [0.5, 0.6) is 0 Å². The van der Waals surface area contributed by atoms with Crippen molar-refractivity contribution in [3.05, 3.63) is 46.5 Å². The number of aryl methyl sites for hydroxylation is 1. The first kappa shape index (κ1) is 14.2. The van der Waals surface area contributed by atoms with E-state index in [0.29, 0.717) is 28.0 Å². The van der Waals surface area contributed by atoms with Crippen LogP contribution in [0.1, 0.15) is 11.5 Å². The van der Waals surface area contributed by atoms with Crippen LogP contribution in [-0.2, 0) is 5.75 Å². The number of anilines is 1. The van der Waals surface area contributed by atoms with Gasteiger partial charge in [-0.05, 0) is 58.7 Å². The Morgan fingerprint density at radius 1 is 1.19 bits per heavy atom. The Bertz CT molecular complexity index is 769. The van der Waals surface area contributed by atoms with Gasteiger partial charge in [0.05, 0.1) is 5.75 Å². The van der Waals surface area contributed by atoms with Gasteiger partial charge in [0.1, 0.15) is 0 Å². The molecule has 5 nitrogen and oxygen atoms in total. The van der Waals surface area contributed by atoms with Crippen LogP contribution in [0, 0.1) is 6.92 Å². The van der Waals surface area contributed by atoms with Crippen molar-refractivity contribution < 1.29 is 8.83 Å². The summed E-state index contributed by atoms with van der Waals surface area (Å²) in [6.45, 7) is 1.99. The molecule has 0 unspecified atom stereocenters. The summed E-state index contributed by atoms with van der Waals surface area (Å²) in [6, 6.07) is 9.48. The molecule has 0 radical (unpaired) electrons. The third kappa shape index (κ3) is 3.30. The maximum absolute atomic E-state index is 5.80. The van der Waals surface area contributed by atoms with Gasteiger partial charge in [0.25, 0.3) is 5.89 Å². The zero-order chi connectivity index (χ0) is 14.8. The number of hydrogen-bond acceptors (Lipinski definition) is 6.